The van der Waals surface area contributed by atoms with Gasteiger partial charge in [0.15, 0.2) is 6.61 Å². The minimum Gasteiger partial charge on any atom is -0.481 e. The van der Waals surface area contributed by atoms with Crippen LogP contribution in [0.4, 0.5) is 28.9 Å². The number of carbonyl (C=O) groups is 2. The SMILES string of the molecule is O=C1COc2cc(NC(=O)C(F)(F)F)ccc2N1Cc1ccccc1F. The highest BCUT2D eigenvalue weighted by atomic mass is 19.4. The molecule has 2 aromatic rings. The van der Waals surface area contributed by atoms with Crippen molar-refractivity contribution in [1.82, 2.24) is 0 Å². The van der Waals surface area contributed by atoms with Gasteiger partial charge in [0.2, 0.25) is 0 Å². The van der Waals surface area contributed by atoms with E-state index in [0.29, 0.717) is 0 Å². The van der Waals surface area contributed by atoms with Crippen LogP contribution in [-0.2, 0) is 16.1 Å². The van der Waals surface area contributed by atoms with E-state index in [1.807, 2.05) is 0 Å². The molecule has 0 radical (unpaired) electrons. The van der Waals surface area contributed by atoms with Crippen LogP contribution in [0.15, 0.2) is 42.5 Å². The first-order valence-corrected chi connectivity index (χ1v) is 7.44. The van der Waals surface area contributed by atoms with Crippen molar-refractivity contribution in [2.45, 2.75) is 12.7 Å². The maximum atomic E-state index is 13.8. The van der Waals surface area contributed by atoms with Crippen molar-refractivity contribution in [1.29, 1.82) is 0 Å². The summed E-state index contributed by atoms with van der Waals surface area (Å²) in [6.07, 6.45) is -5.02. The molecule has 0 aliphatic carbocycles. The first-order valence-electron chi connectivity index (χ1n) is 7.44. The van der Waals surface area contributed by atoms with E-state index in [2.05, 4.69) is 0 Å². The average Bonchev–Trinajstić information content (AvgIpc) is 2.58. The van der Waals surface area contributed by atoms with Crippen molar-refractivity contribution in [2.24, 2.45) is 0 Å². The van der Waals surface area contributed by atoms with Gasteiger partial charge in [-0.2, -0.15) is 13.2 Å². The molecular weight excluding hydrogens is 356 g/mol. The summed E-state index contributed by atoms with van der Waals surface area (Å²) in [7, 11) is 0. The second-order valence-electron chi connectivity index (χ2n) is 5.49. The van der Waals surface area contributed by atoms with Crippen LogP contribution in [0, 0.1) is 5.82 Å². The Bertz CT molecular complexity index is 867. The molecule has 0 aromatic heterocycles. The predicted octanol–water partition coefficient (Wildman–Crippen LogP) is 3.25. The molecule has 1 N–H and O–H groups in total. The lowest BCUT2D eigenvalue weighted by molar-refractivity contribution is -0.167. The van der Waals surface area contributed by atoms with Crippen LogP contribution in [0.3, 0.4) is 0 Å². The third kappa shape index (κ3) is 3.61. The van der Waals surface area contributed by atoms with E-state index in [9.17, 15) is 27.2 Å². The van der Waals surface area contributed by atoms with Crippen molar-refractivity contribution >= 4 is 23.2 Å². The fourth-order valence-electron chi connectivity index (χ4n) is 2.45. The number of benzene rings is 2. The normalized spacial score (nSPS) is 13.8. The van der Waals surface area contributed by atoms with Crippen LogP contribution in [0.5, 0.6) is 5.75 Å². The van der Waals surface area contributed by atoms with Gasteiger partial charge in [0.25, 0.3) is 5.91 Å². The Morgan fingerprint density at radius 2 is 1.92 bits per heavy atom. The van der Waals surface area contributed by atoms with Gasteiger partial charge in [-0.05, 0) is 18.2 Å². The third-order valence-corrected chi connectivity index (χ3v) is 3.70. The van der Waals surface area contributed by atoms with E-state index >= 15 is 0 Å². The Morgan fingerprint density at radius 1 is 1.19 bits per heavy atom. The molecule has 0 spiro atoms. The average molecular weight is 368 g/mol. The maximum Gasteiger partial charge on any atom is 0.471 e. The molecule has 1 aliphatic heterocycles. The number of ether oxygens (including phenoxy) is 1. The number of halogens is 4. The third-order valence-electron chi connectivity index (χ3n) is 3.70. The highest BCUT2D eigenvalue weighted by Gasteiger charge is 2.39. The number of hydrogen-bond donors (Lipinski definition) is 1. The summed E-state index contributed by atoms with van der Waals surface area (Å²) in [5.41, 5.74) is 0.420. The minimum absolute atomic E-state index is 0.0594. The largest absolute Gasteiger partial charge is 0.481 e. The van der Waals surface area contributed by atoms with Crippen molar-refractivity contribution in [3.05, 3.63) is 53.8 Å². The van der Waals surface area contributed by atoms with Gasteiger partial charge in [0.1, 0.15) is 11.6 Å². The van der Waals surface area contributed by atoms with Crippen molar-refractivity contribution in [3.63, 3.8) is 0 Å². The molecule has 0 saturated heterocycles. The molecule has 0 saturated carbocycles. The molecule has 3 rings (SSSR count). The van der Waals surface area contributed by atoms with Crippen LogP contribution in [0.1, 0.15) is 5.56 Å². The molecule has 0 fully saturated rings. The number of rotatable bonds is 3. The monoisotopic (exact) mass is 368 g/mol. The number of nitrogens with one attached hydrogen (secondary N) is 1. The van der Waals surface area contributed by atoms with Crippen molar-refractivity contribution in [2.75, 3.05) is 16.8 Å². The fraction of sp³-hybridized carbons (Fsp3) is 0.176. The zero-order chi connectivity index (χ0) is 18.9. The molecule has 136 valence electrons. The maximum absolute atomic E-state index is 13.8. The Morgan fingerprint density at radius 3 is 2.62 bits per heavy atom. The first-order chi connectivity index (χ1) is 12.3. The summed E-state index contributed by atoms with van der Waals surface area (Å²) in [6.45, 7) is -0.408. The number of anilines is 2. The summed E-state index contributed by atoms with van der Waals surface area (Å²) in [4.78, 5) is 24.4. The highest BCUT2D eigenvalue weighted by molar-refractivity contribution is 5.99. The van der Waals surface area contributed by atoms with Gasteiger partial charge in [0, 0.05) is 17.3 Å². The topological polar surface area (TPSA) is 58.6 Å². The van der Waals surface area contributed by atoms with E-state index in [4.69, 9.17) is 4.74 Å². The fourth-order valence-corrected chi connectivity index (χ4v) is 2.45. The van der Waals surface area contributed by atoms with Crippen molar-refractivity contribution in [3.8, 4) is 5.75 Å². The predicted molar refractivity (Wildman–Crippen MR) is 84.2 cm³/mol. The Kier molecular flexibility index (Phi) is 4.54. The zero-order valence-corrected chi connectivity index (χ0v) is 13.1. The van der Waals surface area contributed by atoms with Crippen LogP contribution in [0.2, 0.25) is 0 Å². The van der Waals surface area contributed by atoms with E-state index < -0.39 is 23.8 Å². The van der Waals surface area contributed by atoms with E-state index in [0.717, 1.165) is 0 Å². The summed E-state index contributed by atoms with van der Waals surface area (Å²) in [5, 5.41) is 1.71. The molecule has 1 heterocycles. The summed E-state index contributed by atoms with van der Waals surface area (Å²) in [5.74, 6) is -2.91. The van der Waals surface area contributed by atoms with Crippen LogP contribution >= 0.6 is 0 Å². The minimum atomic E-state index is -5.02. The molecule has 9 heteroatoms. The quantitative estimate of drug-likeness (QED) is 0.847. The molecule has 26 heavy (non-hydrogen) atoms. The zero-order valence-electron chi connectivity index (χ0n) is 13.1. The first kappa shape index (κ1) is 17.7. The van der Waals surface area contributed by atoms with Gasteiger partial charge >= 0.3 is 12.1 Å². The molecule has 1 aliphatic rings. The van der Waals surface area contributed by atoms with Gasteiger partial charge < -0.3 is 15.0 Å². The lowest BCUT2D eigenvalue weighted by Gasteiger charge is -2.30. The number of fused-ring (bicyclic) bond motifs is 1. The van der Waals surface area contributed by atoms with Crippen molar-refractivity contribution < 1.29 is 31.9 Å². The molecule has 2 amide bonds. The second kappa shape index (κ2) is 6.66. The molecule has 2 aromatic carbocycles. The smallest absolute Gasteiger partial charge is 0.471 e. The van der Waals surface area contributed by atoms with Crippen LogP contribution in [0.25, 0.3) is 0 Å². The van der Waals surface area contributed by atoms with E-state index in [1.165, 1.54) is 41.3 Å². The summed E-state index contributed by atoms with van der Waals surface area (Å²) in [6, 6.07) is 9.65. The number of amides is 2. The van der Waals surface area contributed by atoms with Gasteiger partial charge in [-0.25, -0.2) is 4.39 Å². The second-order valence-corrected chi connectivity index (χ2v) is 5.49. The summed E-state index contributed by atoms with van der Waals surface area (Å²) >= 11 is 0. The van der Waals surface area contributed by atoms with Gasteiger partial charge in [-0.1, -0.05) is 18.2 Å². The number of nitrogens with zero attached hydrogens (tertiary/aromatic N) is 1. The van der Waals surface area contributed by atoms with Gasteiger partial charge in [-0.15, -0.1) is 0 Å². The number of hydrogen-bond acceptors (Lipinski definition) is 3. The highest BCUT2D eigenvalue weighted by Crippen LogP contribution is 2.36. The van der Waals surface area contributed by atoms with Gasteiger partial charge in [-0.3, -0.25) is 9.59 Å². The Hall–Kier alpha value is -3.10. The molecule has 0 atom stereocenters. The van der Waals surface area contributed by atoms with E-state index in [1.54, 1.807) is 11.4 Å². The summed E-state index contributed by atoms with van der Waals surface area (Å²) < 4.78 is 56.1. The molecule has 0 unspecified atom stereocenters. The molecule has 5 nitrogen and oxygen atoms in total. The lowest BCUT2D eigenvalue weighted by atomic mass is 10.1. The van der Waals surface area contributed by atoms with Gasteiger partial charge in [0.05, 0.1) is 12.2 Å². The Labute approximate surface area is 145 Å². The van der Waals surface area contributed by atoms with Crippen LogP contribution < -0.4 is 15.0 Å². The standard InChI is InChI=1S/C17H12F4N2O3/c18-12-4-2-1-3-10(12)8-23-13-6-5-11(22-16(25)17(19,20)21)7-14(13)26-9-15(23)24/h1-7H,8-9H2,(H,22,25). The van der Waals surface area contributed by atoms with Crippen LogP contribution in [-0.4, -0.2) is 24.6 Å². The number of alkyl halides is 3. The van der Waals surface area contributed by atoms with E-state index in [-0.39, 0.29) is 35.8 Å². The molecular formula is C17H12F4N2O3. The lowest BCUT2D eigenvalue weighted by Crippen LogP contribution is -2.38. The Balaban J connectivity index is 1.87. The number of carbonyl (C=O) groups excluding carboxylic acids is 2. The molecule has 0 bridgehead atoms.